The highest BCUT2D eigenvalue weighted by atomic mass is 15.3. The van der Waals surface area contributed by atoms with Gasteiger partial charge >= 0.3 is 0 Å². The van der Waals surface area contributed by atoms with Crippen molar-refractivity contribution >= 4 is 5.96 Å². The molecule has 1 aromatic heterocycles. The van der Waals surface area contributed by atoms with Gasteiger partial charge in [0.15, 0.2) is 5.96 Å². The number of likely N-dealkylation sites (tertiary alicyclic amines) is 1. The molecule has 0 atom stereocenters. The molecule has 0 amide bonds. The molecule has 118 valence electrons. The van der Waals surface area contributed by atoms with Crippen LogP contribution in [-0.2, 0) is 6.54 Å². The Bertz CT molecular complexity index is 437. The molecule has 0 radical (unpaired) electrons. The first-order valence-electron chi connectivity index (χ1n) is 7.96. The molecular formula is C15H28N6. The standard InChI is InChI=1S/C15H28N6/c1-4-16-14(21-10-7-15(2,3)11-21)17-8-5-6-9-20-12-18-19-13-20/h12-13H,4-11H2,1-3H3,(H,16,17). The Kier molecular flexibility index (Phi) is 5.59. The summed E-state index contributed by atoms with van der Waals surface area (Å²) in [4.78, 5) is 7.16. The third kappa shape index (κ3) is 5.02. The highest BCUT2D eigenvalue weighted by Gasteiger charge is 2.30. The summed E-state index contributed by atoms with van der Waals surface area (Å²) in [6, 6.07) is 0. The lowest BCUT2D eigenvalue weighted by Crippen LogP contribution is -2.40. The molecule has 2 heterocycles. The van der Waals surface area contributed by atoms with E-state index in [2.05, 4.69) is 41.2 Å². The average Bonchev–Trinajstić information content (AvgIpc) is 3.06. The molecule has 1 fully saturated rings. The number of aromatic nitrogens is 3. The molecule has 2 rings (SSSR count). The minimum Gasteiger partial charge on any atom is -0.357 e. The van der Waals surface area contributed by atoms with Crippen molar-refractivity contribution in [3.8, 4) is 0 Å². The van der Waals surface area contributed by atoms with Crippen LogP contribution in [-0.4, -0.2) is 51.8 Å². The lowest BCUT2D eigenvalue weighted by atomic mass is 9.93. The number of hydrogen-bond acceptors (Lipinski definition) is 3. The quantitative estimate of drug-likeness (QED) is 0.493. The summed E-state index contributed by atoms with van der Waals surface area (Å²) in [7, 11) is 0. The summed E-state index contributed by atoms with van der Waals surface area (Å²) in [5.74, 6) is 1.08. The summed E-state index contributed by atoms with van der Waals surface area (Å²) >= 11 is 0. The van der Waals surface area contributed by atoms with Gasteiger partial charge in [0, 0.05) is 32.7 Å². The van der Waals surface area contributed by atoms with Crippen LogP contribution in [0.3, 0.4) is 0 Å². The number of rotatable bonds is 6. The number of hydrogen-bond donors (Lipinski definition) is 1. The van der Waals surface area contributed by atoms with Crippen molar-refractivity contribution in [2.24, 2.45) is 10.4 Å². The second-order valence-corrected chi connectivity index (χ2v) is 6.48. The fourth-order valence-corrected chi connectivity index (χ4v) is 2.65. The Balaban J connectivity index is 1.75. The highest BCUT2D eigenvalue weighted by molar-refractivity contribution is 5.80. The summed E-state index contributed by atoms with van der Waals surface area (Å²) in [5, 5.41) is 11.0. The number of aryl methyl sites for hydroxylation is 1. The fraction of sp³-hybridized carbons (Fsp3) is 0.800. The van der Waals surface area contributed by atoms with E-state index in [1.54, 1.807) is 12.7 Å². The molecule has 0 spiro atoms. The molecule has 0 aliphatic carbocycles. The van der Waals surface area contributed by atoms with Crippen LogP contribution >= 0.6 is 0 Å². The van der Waals surface area contributed by atoms with Gasteiger partial charge in [-0.15, -0.1) is 10.2 Å². The molecule has 0 unspecified atom stereocenters. The molecule has 1 N–H and O–H groups in total. The van der Waals surface area contributed by atoms with E-state index >= 15 is 0 Å². The minimum absolute atomic E-state index is 0.407. The maximum atomic E-state index is 4.77. The van der Waals surface area contributed by atoms with Gasteiger partial charge < -0.3 is 14.8 Å². The van der Waals surface area contributed by atoms with Crippen molar-refractivity contribution in [3.63, 3.8) is 0 Å². The van der Waals surface area contributed by atoms with Crippen LogP contribution in [0, 0.1) is 5.41 Å². The first-order valence-corrected chi connectivity index (χ1v) is 7.96. The molecule has 1 saturated heterocycles. The summed E-state index contributed by atoms with van der Waals surface area (Å²) in [6.45, 7) is 11.8. The van der Waals surface area contributed by atoms with Crippen LogP contribution < -0.4 is 5.32 Å². The molecule has 0 saturated carbocycles. The number of guanidine groups is 1. The Hall–Kier alpha value is -1.59. The molecule has 1 aliphatic rings. The minimum atomic E-state index is 0.407. The fourth-order valence-electron chi connectivity index (χ4n) is 2.65. The third-order valence-corrected chi connectivity index (χ3v) is 3.86. The largest absolute Gasteiger partial charge is 0.357 e. The molecular weight excluding hydrogens is 264 g/mol. The molecule has 1 aromatic rings. The molecule has 0 bridgehead atoms. The van der Waals surface area contributed by atoms with Gasteiger partial charge in [0.2, 0.25) is 0 Å². The van der Waals surface area contributed by atoms with Gasteiger partial charge in [0.05, 0.1) is 0 Å². The molecule has 21 heavy (non-hydrogen) atoms. The van der Waals surface area contributed by atoms with Gasteiger partial charge in [0.1, 0.15) is 12.7 Å². The maximum Gasteiger partial charge on any atom is 0.193 e. The van der Waals surface area contributed by atoms with E-state index in [1.807, 2.05) is 4.57 Å². The van der Waals surface area contributed by atoms with Crippen LogP contribution in [0.25, 0.3) is 0 Å². The molecule has 0 aromatic carbocycles. The Morgan fingerprint density at radius 3 is 2.67 bits per heavy atom. The average molecular weight is 292 g/mol. The lowest BCUT2D eigenvalue weighted by molar-refractivity contribution is 0.370. The normalized spacial score (nSPS) is 18.2. The van der Waals surface area contributed by atoms with Gasteiger partial charge in [-0.1, -0.05) is 13.8 Å². The van der Waals surface area contributed by atoms with Crippen LogP contribution in [0.4, 0.5) is 0 Å². The van der Waals surface area contributed by atoms with E-state index < -0.39 is 0 Å². The van der Waals surface area contributed by atoms with Crippen molar-refractivity contribution in [1.29, 1.82) is 0 Å². The van der Waals surface area contributed by atoms with Crippen LogP contribution in [0.2, 0.25) is 0 Å². The van der Waals surface area contributed by atoms with Crippen molar-refractivity contribution < 1.29 is 0 Å². The van der Waals surface area contributed by atoms with Gasteiger partial charge in [-0.2, -0.15) is 0 Å². The molecule has 6 heteroatoms. The lowest BCUT2D eigenvalue weighted by Gasteiger charge is -2.23. The summed E-state index contributed by atoms with van der Waals surface area (Å²) in [5.41, 5.74) is 0.407. The van der Waals surface area contributed by atoms with Crippen molar-refractivity contribution in [3.05, 3.63) is 12.7 Å². The number of unbranched alkanes of at least 4 members (excludes halogenated alkanes) is 1. The van der Waals surface area contributed by atoms with Crippen LogP contribution in [0.5, 0.6) is 0 Å². The van der Waals surface area contributed by atoms with E-state index in [0.29, 0.717) is 5.41 Å². The Morgan fingerprint density at radius 2 is 2.05 bits per heavy atom. The van der Waals surface area contributed by atoms with E-state index in [-0.39, 0.29) is 0 Å². The second kappa shape index (κ2) is 7.43. The zero-order chi connectivity index (χ0) is 15.1. The summed E-state index contributed by atoms with van der Waals surface area (Å²) in [6.07, 6.45) is 6.96. The third-order valence-electron chi connectivity index (χ3n) is 3.86. The first kappa shape index (κ1) is 15.8. The van der Waals surface area contributed by atoms with E-state index in [9.17, 15) is 0 Å². The van der Waals surface area contributed by atoms with Crippen molar-refractivity contribution in [2.75, 3.05) is 26.2 Å². The number of nitrogens with zero attached hydrogens (tertiary/aromatic N) is 5. The van der Waals surface area contributed by atoms with Gasteiger partial charge in [-0.05, 0) is 31.6 Å². The second-order valence-electron chi connectivity index (χ2n) is 6.48. The molecule has 6 nitrogen and oxygen atoms in total. The zero-order valence-corrected chi connectivity index (χ0v) is 13.5. The SMILES string of the molecule is CCNC(=NCCCCn1cnnc1)N1CCC(C)(C)C1. The van der Waals surface area contributed by atoms with Gasteiger partial charge in [-0.25, -0.2) is 0 Å². The van der Waals surface area contributed by atoms with Crippen molar-refractivity contribution in [1.82, 2.24) is 25.0 Å². The van der Waals surface area contributed by atoms with Crippen LogP contribution in [0.15, 0.2) is 17.6 Å². The first-order chi connectivity index (χ1) is 10.1. The summed E-state index contributed by atoms with van der Waals surface area (Å²) < 4.78 is 2.01. The van der Waals surface area contributed by atoms with E-state index in [1.165, 1.54) is 6.42 Å². The monoisotopic (exact) mass is 292 g/mol. The van der Waals surface area contributed by atoms with Gasteiger partial charge in [-0.3, -0.25) is 4.99 Å². The highest BCUT2D eigenvalue weighted by Crippen LogP contribution is 2.28. The number of aliphatic imine (C=N–C) groups is 1. The van der Waals surface area contributed by atoms with Crippen molar-refractivity contribution in [2.45, 2.75) is 46.6 Å². The Morgan fingerprint density at radius 1 is 1.29 bits per heavy atom. The van der Waals surface area contributed by atoms with E-state index in [0.717, 1.165) is 51.5 Å². The predicted molar refractivity (Wildman–Crippen MR) is 85.2 cm³/mol. The van der Waals surface area contributed by atoms with Crippen LogP contribution in [0.1, 0.15) is 40.0 Å². The smallest absolute Gasteiger partial charge is 0.193 e. The predicted octanol–water partition coefficient (Wildman–Crippen LogP) is 1.76. The number of nitrogens with one attached hydrogen (secondary N) is 1. The maximum absolute atomic E-state index is 4.77. The van der Waals surface area contributed by atoms with Gasteiger partial charge in [0.25, 0.3) is 0 Å². The zero-order valence-electron chi connectivity index (χ0n) is 13.5. The topological polar surface area (TPSA) is 58.3 Å². The Labute approximate surface area is 127 Å². The van der Waals surface area contributed by atoms with E-state index in [4.69, 9.17) is 4.99 Å². The molecule has 1 aliphatic heterocycles.